The quantitative estimate of drug-likeness (QED) is 0.290. The summed E-state index contributed by atoms with van der Waals surface area (Å²) in [6.45, 7) is 1.85. The summed E-state index contributed by atoms with van der Waals surface area (Å²) in [6.07, 6.45) is 1.67. The number of amides is 1. The lowest BCUT2D eigenvalue weighted by Gasteiger charge is -2.14. The molecule has 1 aliphatic heterocycles. The highest BCUT2D eigenvalue weighted by molar-refractivity contribution is 8.27. The maximum atomic E-state index is 13.0. The number of benzene rings is 2. The van der Waals surface area contributed by atoms with E-state index in [0.717, 1.165) is 0 Å². The SMILES string of the molecule is CCOc1cc(/C=C2/SC(=S)N(c3ccc(Cl)cc3)C2=O)cc(Cl)c1OCC(=O)OC. The molecule has 0 saturated carbocycles. The van der Waals surface area contributed by atoms with Gasteiger partial charge >= 0.3 is 5.97 Å². The summed E-state index contributed by atoms with van der Waals surface area (Å²) in [5.74, 6) is -0.232. The zero-order valence-corrected chi connectivity index (χ0v) is 19.7. The number of hydrogen-bond acceptors (Lipinski definition) is 7. The molecule has 2 aromatic carbocycles. The molecule has 0 aromatic heterocycles. The fraction of sp³-hybridized carbons (Fsp3) is 0.190. The number of halogens is 2. The minimum Gasteiger partial charge on any atom is -0.490 e. The smallest absolute Gasteiger partial charge is 0.343 e. The number of methoxy groups -OCH3 is 1. The summed E-state index contributed by atoms with van der Waals surface area (Å²) in [5, 5.41) is 0.798. The first kappa shape index (κ1) is 23.4. The molecule has 1 fully saturated rings. The average Bonchev–Trinajstić information content (AvgIpc) is 3.01. The van der Waals surface area contributed by atoms with E-state index < -0.39 is 5.97 Å². The summed E-state index contributed by atoms with van der Waals surface area (Å²) in [6, 6.07) is 10.1. The zero-order valence-electron chi connectivity index (χ0n) is 16.5. The van der Waals surface area contributed by atoms with Crippen molar-refractivity contribution in [3.8, 4) is 11.5 Å². The van der Waals surface area contributed by atoms with Crippen LogP contribution in [0.3, 0.4) is 0 Å². The first-order chi connectivity index (χ1) is 14.8. The van der Waals surface area contributed by atoms with Crippen molar-refractivity contribution in [3.63, 3.8) is 0 Å². The van der Waals surface area contributed by atoms with Gasteiger partial charge in [-0.1, -0.05) is 47.2 Å². The Hall–Kier alpha value is -2.26. The van der Waals surface area contributed by atoms with E-state index in [9.17, 15) is 9.59 Å². The van der Waals surface area contributed by atoms with E-state index in [1.54, 1.807) is 42.5 Å². The summed E-state index contributed by atoms with van der Waals surface area (Å²) in [5.41, 5.74) is 1.25. The van der Waals surface area contributed by atoms with Gasteiger partial charge in [-0.05, 0) is 55.0 Å². The molecule has 0 bridgehead atoms. The standard InChI is InChI=1S/C21H17Cl2NO5S2/c1-3-28-16-9-12(8-15(23)19(16)29-11-18(25)27-2)10-17-20(26)24(21(30)31-17)14-6-4-13(22)5-7-14/h4-10H,3,11H2,1-2H3/b17-10+. The number of thiocarbonyl (C=S) groups is 1. The third-order valence-electron chi connectivity index (χ3n) is 4.07. The predicted molar refractivity (Wildman–Crippen MR) is 127 cm³/mol. The second-order valence-electron chi connectivity index (χ2n) is 6.12. The molecule has 162 valence electrons. The minimum atomic E-state index is -0.548. The monoisotopic (exact) mass is 497 g/mol. The molecule has 0 N–H and O–H groups in total. The van der Waals surface area contributed by atoms with Crippen LogP contribution < -0.4 is 14.4 Å². The van der Waals surface area contributed by atoms with Gasteiger partial charge in [-0.3, -0.25) is 9.69 Å². The molecule has 1 amide bonds. The first-order valence-corrected chi connectivity index (χ1v) is 11.0. The largest absolute Gasteiger partial charge is 0.490 e. The van der Waals surface area contributed by atoms with Crippen molar-refractivity contribution in [1.29, 1.82) is 0 Å². The maximum absolute atomic E-state index is 13.0. The summed E-state index contributed by atoms with van der Waals surface area (Å²) in [7, 11) is 1.26. The molecule has 3 rings (SSSR count). The van der Waals surface area contributed by atoms with Gasteiger partial charge < -0.3 is 14.2 Å². The normalized spacial score (nSPS) is 14.8. The van der Waals surface area contributed by atoms with Gasteiger partial charge in [0.05, 0.1) is 29.3 Å². The van der Waals surface area contributed by atoms with Gasteiger partial charge in [-0.2, -0.15) is 0 Å². The lowest BCUT2D eigenvalue weighted by Crippen LogP contribution is -2.27. The Morgan fingerprint density at radius 1 is 1.19 bits per heavy atom. The molecule has 0 aliphatic carbocycles. The van der Waals surface area contributed by atoms with Gasteiger partial charge in [0, 0.05) is 5.02 Å². The molecular formula is C21H17Cl2NO5S2. The molecule has 1 aliphatic rings. The van der Waals surface area contributed by atoms with Crippen molar-refractivity contribution in [1.82, 2.24) is 0 Å². The molecule has 2 aromatic rings. The van der Waals surface area contributed by atoms with Crippen molar-refractivity contribution >= 4 is 75.1 Å². The van der Waals surface area contributed by atoms with Crippen LogP contribution in [-0.4, -0.2) is 36.5 Å². The lowest BCUT2D eigenvalue weighted by molar-refractivity contribution is -0.142. The van der Waals surface area contributed by atoms with E-state index in [1.165, 1.54) is 23.8 Å². The van der Waals surface area contributed by atoms with Crippen molar-refractivity contribution in [2.75, 3.05) is 25.2 Å². The van der Waals surface area contributed by atoms with E-state index in [0.29, 0.717) is 37.9 Å². The molecule has 0 radical (unpaired) electrons. The highest BCUT2D eigenvalue weighted by Crippen LogP contribution is 2.40. The molecule has 31 heavy (non-hydrogen) atoms. The van der Waals surface area contributed by atoms with E-state index in [1.807, 2.05) is 6.92 Å². The van der Waals surface area contributed by atoms with Crippen LogP contribution >= 0.6 is 47.2 Å². The second kappa shape index (κ2) is 10.4. The first-order valence-electron chi connectivity index (χ1n) is 9.03. The predicted octanol–water partition coefficient (Wildman–Crippen LogP) is 5.35. The number of rotatable bonds is 7. The number of thioether (sulfide) groups is 1. The number of anilines is 1. The van der Waals surface area contributed by atoms with E-state index in [4.69, 9.17) is 44.9 Å². The number of carbonyl (C=O) groups is 2. The summed E-state index contributed by atoms with van der Waals surface area (Å²) >= 11 is 18.9. The summed E-state index contributed by atoms with van der Waals surface area (Å²) in [4.78, 5) is 26.2. The Labute approximate surface area is 199 Å². The molecule has 1 saturated heterocycles. The van der Waals surface area contributed by atoms with Gasteiger partial charge in [0.1, 0.15) is 0 Å². The van der Waals surface area contributed by atoms with Crippen LogP contribution in [0.1, 0.15) is 12.5 Å². The van der Waals surface area contributed by atoms with Crippen molar-refractivity contribution < 1.29 is 23.8 Å². The third kappa shape index (κ3) is 5.51. The van der Waals surface area contributed by atoms with Gasteiger partial charge in [-0.15, -0.1) is 0 Å². The number of esters is 1. The molecular weight excluding hydrogens is 481 g/mol. The average molecular weight is 498 g/mol. The lowest BCUT2D eigenvalue weighted by atomic mass is 10.1. The maximum Gasteiger partial charge on any atom is 0.343 e. The fourth-order valence-corrected chi connectivity index (χ4v) is 4.39. The van der Waals surface area contributed by atoms with Gasteiger partial charge in [-0.25, -0.2) is 4.79 Å². The summed E-state index contributed by atoms with van der Waals surface area (Å²) < 4.78 is 16.1. The second-order valence-corrected chi connectivity index (χ2v) is 8.64. The molecule has 0 unspecified atom stereocenters. The Balaban J connectivity index is 1.90. The Kier molecular flexibility index (Phi) is 7.83. The van der Waals surface area contributed by atoms with E-state index in [-0.39, 0.29) is 23.3 Å². The van der Waals surface area contributed by atoms with Crippen LogP contribution in [0.2, 0.25) is 10.0 Å². The van der Waals surface area contributed by atoms with Crippen molar-refractivity contribution in [2.24, 2.45) is 0 Å². The van der Waals surface area contributed by atoms with Crippen LogP contribution in [0.25, 0.3) is 6.08 Å². The van der Waals surface area contributed by atoms with Crippen LogP contribution in [-0.2, 0) is 14.3 Å². The molecule has 0 atom stereocenters. The number of ether oxygens (including phenoxy) is 3. The van der Waals surface area contributed by atoms with E-state index in [2.05, 4.69) is 4.74 Å². The number of nitrogens with zero attached hydrogens (tertiary/aromatic N) is 1. The molecule has 0 spiro atoms. The molecule has 10 heteroatoms. The highest BCUT2D eigenvalue weighted by atomic mass is 35.5. The van der Waals surface area contributed by atoms with Gasteiger partial charge in [0.2, 0.25) is 0 Å². The van der Waals surface area contributed by atoms with E-state index >= 15 is 0 Å². The number of carbonyl (C=O) groups excluding carboxylic acids is 2. The Bertz CT molecular complexity index is 1060. The minimum absolute atomic E-state index is 0.222. The fourth-order valence-electron chi connectivity index (χ4n) is 2.70. The van der Waals surface area contributed by atoms with Gasteiger partial charge in [0.25, 0.3) is 5.91 Å². The van der Waals surface area contributed by atoms with Crippen LogP contribution in [0, 0.1) is 0 Å². The zero-order chi connectivity index (χ0) is 22.5. The van der Waals surface area contributed by atoms with Crippen molar-refractivity contribution in [2.45, 2.75) is 6.92 Å². The van der Waals surface area contributed by atoms with Crippen LogP contribution in [0.5, 0.6) is 11.5 Å². The van der Waals surface area contributed by atoms with Crippen LogP contribution in [0.4, 0.5) is 5.69 Å². The van der Waals surface area contributed by atoms with Gasteiger partial charge in [0.15, 0.2) is 22.4 Å². The molecule has 1 heterocycles. The Morgan fingerprint density at radius 3 is 2.55 bits per heavy atom. The van der Waals surface area contributed by atoms with Crippen molar-refractivity contribution in [3.05, 3.63) is 56.9 Å². The Morgan fingerprint density at radius 2 is 1.90 bits per heavy atom. The topological polar surface area (TPSA) is 65.1 Å². The number of hydrogen-bond donors (Lipinski definition) is 0. The highest BCUT2D eigenvalue weighted by Gasteiger charge is 2.33. The molecule has 6 nitrogen and oxygen atoms in total. The van der Waals surface area contributed by atoms with Crippen LogP contribution in [0.15, 0.2) is 41.3 Å². The third-order valence-corrected chi connectivity index (χ3v) is 5.90.